The van der Waals surface area contributed by atoms with Gasteiger partial charge in [-0.2, -0.15) is 8.42 Å². The highest BCUT2D eigenvalue weighted by molar-refractivity contribution is 7.95. The summed E-state index contributed by atoms with van der Waals surface area (Å²) in [6.07, 6.45) is -0.490. The van der Waals surface area contributed by atoms with E-state index < -0.39 is 22.4 Å². The molecule has 0 radical (unpaired) electrons. The molecule has 0 saturated carbocycles. The molecule has 1 fully saturated rings. The summed E-state index contributed by atoms with van der Waals surface area (Å²) in [5.74, 6) is 0. The zero-order chi connectivity index (χ0) is 11.5. The average Bonchev–Trinajstić information content (AvgIpc) is 2.45. The molecular weight excluding hydrogens is 246 g/mol. The average molecular weight is 257 g/mol. The van der Waals surface area contributed by atoms with Gasteiger partial charge in [0.15, 0.2) is 0 Å². The second kappa shape index (κ2) is 5.01. The summed E-state index contributed by atoms with van der Waals surface area (Å²) in [7, 11) is -3.47. The summed E-state index contributed by atoms with van der Waals surface area (Å²) in [5.41, 5.74) is 0. The summed E-state index contributed by atoms with van der Waals surface area (Å²) in [4.78, 5) is 10.1. The van der Waals surface area contributed by atoms with E-state index in [1.54, 1.807) is 0 Å². The summed E-state index contributed by atoms with van der Waals surface area (Å²) < 4.78 is 30.6. The third kappa shape index (κ3) is 5.21. The zero-order valence-electron chi connectivity index (χ0n) is 7.87. The number of nitrogens with one attached hydrogen (secondary N) is 1. The largest absolute Gasteiger partial charge is 0.518 e. The van der Waals surface area contributed by atoms with Crippen molar-refractivity contribution in [1.29, 1.82) is 0 Å². The third-order valence-corrected chi connectivity index (χ3v) is 3.05. The Kier molecular flexibility index (Phi) is 4.20. The Hall–Kier alpha value is -0.510. The summed E-state index contributed by atoms with van der Waals surface area (Å²) in [5, 5.41) is 10.8. The van der Waals surface area contributed by atoms with Gasteiger partial charge in [0.2, 0.25) is 0 Å². The van der Waals surface area contributed by atoms with E-state index in [4.69, 9.17) is 9.29 Å². The minimum Gasteiger partial charge on any atom is -0.449 e. The molecule has 0 aromatic carbocycles. The van der Waals surface area contributed by atoms with Crippen LogP contribution in [-0.4, -0.2) is 44.0 Å². The molecule has 1 rings (SSSR count). The fraction of sp³-hybridized carbons (Fsp3) is 0.833. The van der Waals surface area contributed by atoms with E-state index in [1.165, 1.54) is 0 Å². The molecule has 1 aliphatic heterocycles. The Balaban J connectivity index is 2.30. The molecule has 88 valence electrons. The first-order chi connectivity index (χ1) is 6.87. The van der Waals surface area contributed by atoms with Crippen molar-refractivity contribution >= 4 is 28.3 Å². The van der Waals surface area contributed by atoms with E-state index in [0.717, 1.165) is 18.3 Å². The van der Waals surface area contributed by atoms with Gasteiger partial charge in [0.1, 0.15) is 0 Å². The van der Waals surface area contributed by atoms with Gasteiger partial charge in [0.25, 0.3) is 10.1 Å². The number of rotatable bonds is 4. The Bertz CT molecular complexity index is 329. The molecule has 15 heavy (non-hydrogen) atoms. The van der Waals surface area contributed by atoms with Crippen molar-refractivity contribution in [2.24, 2.45) is 0 Å². The van der Waals surface area contributed by atoms with Crippen LogP contribution in [0.25, 0.3) is 0 Å². The van der Waals surface area contributed by atoms with Gasteiger partial charge in [-0.15, -0.1) is 0 Å². The summed E-state index contributed by atoms with van der Waals surface area (Å²) in [6.45, 7) is 0.355. The lowest BCUT2D eigenvalue weighted by molar-refractivity contribution is 0.152. The van der Waals surface area contributed by atoms with Crippen molar-refractivity contribution in [1.82, 2.24) is 5.32 Å². The molecular formula is C6H11NO6S2. The molecule has 9 heteroatoms. The second-order valence-corrected chi connectivity index (χ2v) is 5.53. The van der Waals surface area contributed by atoms with Gasteiger partial charge in [0, 0.05) is 13.0 Å². The molecule has 1 heterocycles. The molecule has 2 N–H and O–H groups in total. The summed E-state index contributed by atoms with van der Waals surface area (Å²) in [6, 6.07) is 0. The molecule has 0 aromatic heterocycles. The molecule has 0 spiro atoms. The predicted octanol–water partition coefficient (Wildman–Crippen LogP) is -0.00660. The molecule has 0 bridgehead atoms. The lowest BCUT2D eigenvalue weighted by atomic mass is 10.3. The molecule has 2 atom stereocenters. The van der Waals surface area contributed by atoms with Crippen LogP contribution in [0.4, 0.5) is 4.79 Å². The van der Waals surface area contributed by atoms with Crippen molar-refractivity contribution in [3.8, 4) is 0 Å². The number of carbonyl (C=O) groups is 1. The second-order valence-electron chi connectivity index (χ2n) is 3.00. The highest BCUT2D eigenvalue weighted by Crippen LogP contribution is 2.22. The monoisotopic (exact) mass is 257 g/mol. The van der Waals surface area contributed by atoms with Gasteiger partial charge >= 0.3 is 6.16 Å². The molecule has 1 saturated heterocycles. The van der Waals surface area contributed by atoms with Gasteiger partial charge < -0.3 is 9.29 Å². The van der Waals surface area contributed by atoms with Crippen LogP contribution < -0.4 is 5.32 Å². The minimum atomic E-state index is -3.47. The smallest absolute Gasteiger partial charge is 0.449 e. The van der Waals surface area contributed by atoms with Crippen LogP contribution in [0.3, 0.4) is 0 Å². The Morgan fingerprint density at radius 2 is 2.27 bits per heavy atom. The van der Waals surface area contributed by atoms with Crippen LogP contribution in [0, 0.1) is 0 Å². The molecule has 2 unspecified atom stereocenters. The lowest BCUT2D eigenvalue weighted by Gasteiger charge is -2.07. The van der Waals surface area contributed by atoms with Gasteiger partial charge in [-0.05, 0) is 0 Å². The zero-order valence-corrected chi connectivity index (χ0v) is 9.51. The first kappa shape index (κ1) is 12.6. The predicted molar refractivity (Wildman–Crippen MR) is 52.8 cm³/mol. The molecule has 0 aromatic rings. The van der Waals surface area contributed by atoms with Crippen molar-refractivity contribution in [2.75, 3.05) is 12.8 Å². The van der Waals surface area contributed by atoms with Crippen molar-refractivity contribution in [2.45, 2.75) is 17.9 Å². The van der Waals surface area contributed by atoms with Crippen LogP contribution in [-0.2, 0) is 18.5 Å². The third-order valence-electron chi connectivity index (χ3n) is 1.60. The van der Waals surface area contributed by atoms with Crippen LogP contribution in [0.5, 0.6) is 0 Å². The Morgan fingerprint density at radius 3 is 2.80 bits per heavy atom. The number of hydrogen-bond acceptors (Lipinski definition) is 7. The topological polar surface area (TPSA) is 102 Å². The van der Waals surface area contributed by atoms with Gasteiger partial charge in [-0.25, -0.2) is 4.79 Å². The fourth-order valence-electron chi connectivity index (χ4n) is 1.16. The van der Waals surface area contributed by atoms with E-state index in [0.29, 0.717) is 13.0 Å². The van der Waals surface area contributed by atoms with E-state index >= 15 is 0 Å². The maximum absolute atomic E-state index is 10.8. The highest BCUT2D eigenvalue weighted by atomic mass is 32.2. The van der Waals surface area contributed by atoms with Crippen molar-refractivity contribution in [3.05, 3.63) is 0 Å². The molecule has 7 nitrogen and oxygen atoms in total. The van der Waals surface area contributed by atoms with E-state index in [9.17, 15) is 13.2 Å². The number of carboxylic acid groups (broad SMARTS) is 1. The first-order valence-electron chi connectivity index (χ1n) is 4.05. The van der Waals surface area contributed by atoms with Crippen molar-refractivity contribution < 1.29 is 26.7 Å². The van der Waals surface area contributed by atoms with Gasteiger partial charge in [-0.3, -0.25) is 9.50 Å². The van der Waals surface area contributed by atoms with Crippen LogP contribution in [0.2, 0.25) is 0 Å². The minimum absolute atomic E-state index is 0.271. The molecule has 0 amide bonds. The normalized spacial score (nSPS) is 26.5. The molecule has 0 aliphatic carbocycles. The Labute approximate surface area is 91.5 Å². The molecule has 1 aliphatic rings. The fourth-order valence-corrected chi connectivity index (χ4v) is 2.46. The maximum atomic E-state index is 10.8. The van der Waals surface area contributed by atoms with E-state index in [-0.39, 0.29) is 5.37 Å². The van der Waals surface area contributed by atoms with E-state index in [1.807, 2.05) is 0 Å². The van der Waals surface area contributed by atoms with Crippen LogP contribution in [0.1, 0.15) is 6.42 Å². The first-order valence-corrected chi connectivity index (χ1v) is 6.67. The maximum Gasteiger partial charge on any atom is 0.518 e. The number of hydrogen-bond donors (Lipinski definition) is 2. The van der Waals surface area contributed by atoms with E-state index in [2.05, 4.69) is 9.50 Å². The Morgan fingerprint density at radius 1 is 1.60 bits per heavy atom. The van der Waals surface area contributed by atoms with Gasteiger partial charge in [-0.1, -0.05) is 0 Å². The lowest BCUT2D eigenvalue weighted by Crippen LogP contribution is -2.21. The van der Waals surface area contributed by atoms with Gasteiger partial charge in [0.05, 0.1) is 29.8 Å². The highest BCUT2D eigenvalue weighted by Gasteiger charge is 2.29. The SMILES string of the molecule is CS(=O)(=O)OC1CNC(SOC(=O)O)C1. The van der Waals surface area contributed by atoms with Crippen molar-refractivity contribution in [3.63, 3.8) is 0 Å². The quantitative estimate of drug-likeness (QED) is 0.535. The van der Waals surface area contributed by atoms with Crippen LogP contribution >= 0.6 is 12.0 Å². The summed E-state index contributed by atoms with van der Waals surface area (Å²) >= 11 is 0.736. The van der Waals surface area contributed by atoms with Crippen LogP contribution in [0.15, 0.2) is 0 Å². The standard InChI is InChI=1S/C6H11NO6S2/c1-15(10,11)13-4-2-5(7-3-4)14-12-6(8)9/h4-5,7H,2-3H2,1H3,(H,8,9).